The average molecular weight is 155 g/mol. The molecule has 1 aliphatic carbocycles. The van der Waals surface area contributed by atoms with Gasteiger partial charge in [-0.1, -0.05) is 0 Å². The zero-order valence-corrected chi connectivity index (χ0v) is 7.18. The van der Waals surface area contributed by atoms with Crippen molar-refractivity contribution in [3.8, 4) is 0 Å². The lowest BCUT2D eigenvalue weighted by atomic mass is 10.1. The molecule has 0 radical (unpaired) electrons. The first-order valence-electron chi connectivity index (χ1n) is 4.65. The van der Waals surface area contributed by atoms with Gasteiger partial charge in [0.15, 0.2) is 0 Å². The van der Waals surface area contributed by atoms with E-state index in [1.54, 1.807) is 7.11 Å². The summed E-state index contributed by atoms with van der Waals surface area (Å²) in [6, 6.07) is 1.47. The van der Waals surface area contributed by atoms with E-state index in [-0.39, 0.29) is 0 Å². The van der Waals surface area contributed by atoms with Crippen molar-refractivity contribution in [2.45, 2.75) is 37.8 Å². The largest absolute Gasteiger partial charge is 0.383 e. The van der Waals surface area contributed by atoms with Crippen LogP contribution in [0.4, 0.5) is 0 Å². The summed E-state index contributed by atoms with van der Waals surface area (Å²) in [4.78, 5) is 0. The van der Waals surface area contributed by atoms with Crippen LogP contribution in [0.2, 0.25) is 0 Å². The minimum absolute atomic E-state index is 0.644. The first kappa shape index (κ1) is 7.56. The second-order valence-corrected chi connectivity index (χ2v) is 3.84. The predicted octanol–water partition coefficient (Wildman–Crippen LogP) is 1.16. The Labute approximate surface area is 68.3 Å². The summed E-state index contributed by atoms with van der Waals surface area (Å²) in [6.45, 7) is 0.892. The molecule has 0 bridgehead atoms. The summed E-state index contributed by atoms with van der Waals surface area (Å²) >= 11 is 0. The Hall–Kier alpha value is -0.0800. The number of hydrogen-bond acceptors (Lipinski definition) is 2. The van der Waals surface area contributed by atoms with Crippen LogP contribution in [0, 0.1) is 5.92 Å². The van der Waals surface area contributed by atoms with E-state index >= 15 is 0 Å². The van der Waals surface area contributed by atoms with Gasteiger partial charge in [0.05, 0.1) is 6.61 Å². The molecule has 1 saturated heterocycles. The van der Waals surface area contributed by atoms with Crippen molar-refractivity contribution in [3.63, 3.8) is 0 Å². The molecule has 1 aliphatic heterocycles. The number of nitrogens with one attached hydrogen (secondary N) is 1. The molecule has 0 aromatic carbocycles. The quantitative estimate of drug-likeness (QED) is 0.660. The van der Waals surface area contributed by atoms with Crippen molar-refractivity contribution in [1.29, 1.82) is 0 Å². The van der Waals surface area contributed by atoms with Crippen molar-refractivity contribution < 1.29 is 4.74 Å². The van der Waals surface area contributed by atoms with E-state index in [1.807, 2.05) is 0 Å². The molecule has 2 rings (SSSR count). The second kappa shape index (κ2) is 3.11. The maximum Gasteiger partial charge on any atom is 0.0615 e. The molecule has 2 nitrogen and oxygen atoms in total. The normalized spacial score (nSPS) is 37.9. The van der Waals surface area contributed by atoms with Crippen LogP contribution in [0.1, 0.15) is 25.7 Å². The van der Waals surface area contributed by atoms with Crippen LogP contribution in [0.15, 0.2) is 0 Å². The Morgan fingerprint density at radius 3 is 2.73 bits per heavy atom. The summed E-state index contributed by atoms with van der Waals surface area (Å²) in [5, 5.41) is 3.63. The SMILES string of the molecule is COCC1CCC(C2CC2)N1. The van der Waals surface area contributed by atoms with Crippen molar-refractivity contribution in [2.24, 2.45) is 5.92 Å². The summed E-state index contributed by atoms with van der Waals surface area (Å²) in [7, 11) is 1.78. The summed E-state index contributed by atoms with van der Waals surface area (Å²) in [5.74, 6) is 1.01. The van der Waals surface area contributed by atoms with Crippen LogP contribution in [-0.4, -0.2) is 25.8 Å². The van der Waals surface area contributed by atoms with E-state index in [0.717, 1.165) is 18.6 Å². The Bertz CT molecular complexity index is 134. The standard InChI is InChI=1S/C9H17NO/c1-11-6-8-4-5-9(10-8)7-2-3-7/h7-10H,2-6H2,1H3. The maximum absolute atomic E-state index is 5.11. The highest BCUT2D eigenvalue weighted by Gasteiger charge is 2.35. The molecule has 1 N–H and O–H groups in total. The lowest BCUT2D eigenvalue weighted by Gasteiger charge is -2.12. The smallest absolute Gasteiger partial charge is 0.0615 e. The minimum Gasteiger partial charge on any atom is -0.383 e. The van der Waals surface area contributed by atoms with Gasteiger partial charge in [0, 0.05) is 19.2 Å². The van der Waals surface area contributed by atoms with E-state index in [9.17, 15) is 0 Å². The van der Waals surface area contributed by atoms with Crippen molar-refractivity contribution in [3.05, 3.63) is 0 Å². The molecule has 0 spiro atoms. The molecule has 2 atom stereocenters. The molecule has 11 heavy (non-hydrogen) atoms. The number of rotatable bonds is 3. The highest BCUT2D eigenvalue weighted by Crippen LogP contribution is 2.37. The highest BCUT2D eigenvalue weighted by atomic mass is 16.5. The molecule has 2 aliphatic rings. The van der Waals surface area contributed by atoms with Gasteiger partial charge in [-0.05, 0) is 31.6 Å². The zero-order chi connectivity index (χ0) is 7.68. The minimum atomic E-state index is 0.644. The molecule has 0 aromatic rings. The van der Waals surface area contributed by atoms with Gasteiger partial charge in [-0.25, -0.2) is 0 Å². The van der Waals surface area contributed by atoms with E-state index < -0.39 is 0 Å². The third-order valence-electron chi connectivity index (χ3n) is 2.83. The average Bonchev–Trinajstić information content (AvgIpc) is 2.75. The van der Waals surface area contributed by atoms with Crippen LogP contribution in [0.3, 0.4) is 0 Å². The second-order valence-electron chi connectivity index (χ2n) is 3.84. The molecule has 64 valence electrons. The topological polar surface area (TPSA) is 21.3 Å². The lowest BCUT2D eigenvalue weighted by molar-refractivity contribution is 0.171. The monoisotopic (exact) mass is 155 g/mol. The van der Waals surface area contributed by atoms with Crippen molar-refractivity contribution >= 4 is 0 Å². The van der Waals surface area contributed by atoms with Gasteiger partial charge in [0.1, 0.15) is 0 Å². The summed E-state index contributed by atoms with van der Waals surface area (Å²) < 4.78 is 5.11. The fourth-order valence-corrected chi connectivity index (χ4v) is 2.05. The molecule has 1 saturated carbocycles. The van der Waals surface area contributed by atoms with Gasteiger partial charge in [-0.3, -0.25) is 0 Å². The molecular formula is C9H17NO. The van der Waals surface area contributed by atoms with Gasteiger partial charge < -0.3 is 10.1 Å². The van der Waals surface area contributed by atoms with Gasteiger partial charge in [-0.15, -0.1) is 0 Å². The van der Waals surface area contributed by atoms with E-state index in [0.29, 0.717) is 6.04 Å². The van der Waals surface area contributed by atoms with E-state index in [1.165, 1.54) is 25.7 Å². The first-order valence-corrected chi connectivity index (χ1v) is 4.65. The van der Waals surface area contributed by atoms with E-state index in [4.69, 9.17) is 4.74 Å². The van der Waals surface area contributed by atoms with Crippen LogP contribution < -0.4 is 5.32 Å². The number of methoxy groups -OCH3 is 1. The van der Waals surface area contributed by atoms with Gasteiger partial charge in [0.25, 0.3) is 0 Å². The third kappa shape index (κ3) is 1.74. The molecule has 1 heterocycles. The third-order valence-corrected chi connectivity index (χ3v) is 2.83. The maximum atomic E-state index is 5.11. The lowest BCUT2D eigenvalue weighted by Crippen LogP contribution is -2.33. The highest BCUT2D eigenvalue weighted by molar-refractivity contribution is 4.93. The molecule has 2 unspecified atom stereocenters. The van der Waals surface area contributed by atoms with Gasteiger partial charge in [0.2, 0.25) is 0 Å². The summed E-state index contributed by atoms with van der Waals surface area (Å²) in [5.41, 5.74) is 0. The van der Waals surface area contributed by atoms with E-state index in [2.05, 4.69) is 5.32 Å². The molecule has 2 heteroatoms. The summed E-state index contributed by atoms with van der Waals surface area (Å²) in [6.07, 6.45) is 5.60. The van der Waals surface area contributed by atoms with Crippen LogP contribution in [-0.2, 0) is 4.74 Å². The van der Waals surface area contributed by atoms with Gasteiger partial charge >= 0.3 is 0 Å². The Balaban J connectivity index is 1.74. The molecular weight excluding hydrogens is 138 g/mol. The first-order chi connectivity index (χ1) is 5.40. The fraction of sp³-hybridized carbons (Fsp3) is 1.00. The zero-order valence-electron chi connectivity index (χ0n) is 7.18. The van der Waals surface area contributed by atoms with Crippen LogP contribution in [0.25, 0.3) is 0 Å². The Morgan fingerprint density at radius 2 is 2.09 bits per heavy atom. The van der Waals surface area contributed by atoms with Crippen molar-refractivity contribution in [2.75, 3.05) is 13.7 Å². The molecule has 2 fully saturated rings. The Morgan fingerprint density at radius 1 is 1.27 bits per heavy atom. The number of ether oxygens (including phenoxy) is 1. The van der Waals surface area contributed by atoms with Crippen LogP contribution in [0.5, 0.6) is 0 Å². The predicted molar refractivity (Wildman–Crippen MR) is 44.5 cm³/mol. The van der Waals surface area contributed by atoms with Crippen molar-refractivity contribution in [1.82, 2.24) is 5.32 Å². The Kier molecular flexibility index (Phi) is 2.14. The van der Waals surface area contributed by atoms with Gasteiger partial charge in [-0.2, -0.15) is 0 Å². The molecule has 0 aromatic heterocycles. The fourth-order valence-electron chi connectivity index (χ4n) is 2.05. The molecule has 0 amide bonds. The van der Waals surface area contributed by atoms with Crippen LogP contribution >= 0.6 is 0 Å². The number of hydrogen-bond donors (Lipinski definition) is 1.